The van der Waals surface area contributed by atoms with Gasteiger partial charge in [0.1, 0.15) is 5.75 Å². The SMILES string of the molecule is COc1cccc(CNCc2cccc(CCl)c2)c1. The monoisotopic (exact) mass is 275 g/mol. The Morgan fingerprint density at radius 2 is 1.58 bits per heavy atom. The van der Waals surface area contributed by atoms with Gasteiger partial charge in [0.25, 0.3) is 0 Å². The fourth-order valence-electron chi connectivity index (χ4n) is 1.96. The summed E-state index contributed by atoms with van der Waals surface area (Å²) in [5.74, 6) is 1.45. The van der Waals surface area contributed by atoms with E-state index in [0.29, 0.717) is 5.88 Å². The molecule has 0 amide bonds. The number of nitrogens with one attached hydrogen (secondary N) is 1. The van der Waals surface area contributed by atoms with Crippen LogP contribution in [-0.4, -0.2) is 7.11 Å². The van der Waals surface area contributed by atoms with Crippen molar-refractivity contribution in [1.82, 2.24) is 5.32 Å². The average Bonchev–Trinajstić information content (AvgIpc) is 2.48. The molecule has 19 heavy (non-hydrogen) atoms. The van der Waals surface area contributed by atoms with Crippen molar-refractivity contribution in [1.29, 1.82) is 0 Å². The van der Waals surface area contributed by atoms with Crippen LogP contribution in [0.1, 0.15) is 16.7 Å². The lowest BCUT2D eigenvalue weighted by Crippen LogP contribution is -2.12. The second-order valence-electron chi connectivity index (χ2n) is 4.41. The van der Waals surface area contributed by atoms with Crippen molar-refractivity contribution in [2.75, 3.05) is 7.11 Å². The number of alkyl halides is 1. The van der Waals surface area contributed by atoms with E-state index in [4.69, 9.17) is 16.3 Å². The highest BCUT2D eigenvalue weighted by molar-refractivity contribution is 6.17. The van der Waals surface area contributed by atoms with Crippen LogP contribution in [-0.2, 0) is 19.0 Å². The fourth-order valence-corrected chi connectivity index (χ4v) is 2.12. The van der Waals surface area contributed by atoms with E-state index >= 15 is 0 Å². The molecular weight excluding hydrogens is 258 g/mol. The van der Waals surface area contributed by atoms with Gasteiger partial charge in [0.15, 0.2) is 0 Å². The Hall–Kier alpha value is -1.51. The van der Waals surface area contributed by atoms with Gasteiger partial charge in [-0.3, -0.25) is 0 Å². The second-order valence-corrected chi connectivity index (χ2v) is 4.68. The molecule has 2 aromatic rings. The lowest BCUT2D eigenvalue weighted by Gasteiger charge is -2.07. The van der Waals surface area contributed by atoms with Crippen molar-refractivity contribution in [3.63, 3.8) is 0 Å². The maximum atomic E-state index is 5.83. The van der Waals surface area contributed by atoms with Gasteiger partial charge in [-0.05, 0) is 28.8 Å². The molecule has 0 unspecified atom stereocenters. The van der Waals surface area contributed by atoms with Crippen LogP contribution in [0, 0.1) is 0 Å². The molecule has 0 heterocycles. The molecule has 2 aromatic carbocycles. The number of rotatable bonds is 6. The second kappa shape index (κ2) is 7.17. The van der Waals surface area contributed by atoms with Gasteiger partial charge >= 0.3 is 0 Å². The molecular formula is C16H18ClNO. The first kappa shape index (κ1) is 13.9. The smallest absolute Gasteiger partial charge is 0.119 e. The van der Waals surface area contributed by atoms with Crippen LogP contribution >= 0.6 is 11.6 Å². The van der Waals surface area contributed by atoms with Crippen LogP contribution < -0.4 is 10.1 Å². The van der Waals surface area contributed by atoms with Crippen LogP contribution in [0.2, 0.25) is 0 Å². The molecule has 100 valence electrons. The minimum atomic E-state index is 0.559. The normalized spacial score (nSPS) is 10.4. The third-order valence-corrected chi connectivity index (χ3v) is 3.25. The highest BCUT2D eigenvalue weighted by Crippen LogP contribution is 2.12. The van der Waals surface area contributed by atoms with Crippen LogP contribution in [0.25, 0.3) is 0 Å². The zero-order valence-corrected chi connectivity index (χ0v) is 11.8. The van der Waals surface area contributed by atoms with Crippen LogP contribution in [0.15, 0.2) is 48.5 Å². The van der Waals surface area contributed by atoms with Crippen molar-refractivity contribution < 1.29 is 4.74 Å². The van der Waals surface area contributed by atoms with E-state index in [-0.39, 0.29) is 0 Å². The van der Waals surface area contributed by atoms with Crippen molar-refractivity contribution in [3.8, 4) is 5.75 Å². The van der Waals surface area contributed by atoms with Crippen LogP contribution in [0.3, 0.4) is 0 Å². The van der Waals surface area contributed by atoms with E-state index in [9.17, 15) is 0 Å². The number of halogens is 1. The van der Waals surface area contributed by atoms with E-state index in [0.717, 1.165) is 24.4 Å². The molecule has 0 aliphatic heterocycles. The minimum Gasteiger partial charge on any atom is -0.497 e. The largest absolute Gasteiger partial charge is 0.497 e. The Morgan fingerprint density at radius 1 is 0.947 bits per heavy atom. The zero-order chi connectivity index (χ0) is 13.5. The Bertz CT molecular complexity index is 480. The summed E-state index contributed by atoms with van der Waals surface area (Å²) in [5.41, 5.74) is 3.62. The van der Waals surface area contributed by atoms with Crippen molar-refractivity contribution >= 4 is 11.6 Å². The Balaban J connectivity index is 1.88. The minimum absolute atomic E-state index is 0.559. The van der Waals surface area contributed by atoms with Gasteiger partial charge in [-0.25, -0.2) is 0 Å². The van der Waals surface area contributed by atoms with Gasteiger partial charge in [-0.2, -0.15) is 0 Å². The van der Waals surface area contributed by atoms with Crippen molar-refractivity contribution in [2.24, 2.45) is 0 Å². The lowest BCUT2D eigenvalue weighted by atomic mass is 10.1. The molecule has 0 saturated carbocycles. The topological polar surface area (TPSA) is 21.3 Å². The van der Waals surface area contributed by atoms with E-state index in [1.165, 1.54) is 11.1 Å². The standard InChI is InChI=1S/C16H18ClNO/c1-19-16-7-3-6-15(9-16)12-18-11-14-5-2-4-13(8-14)10-17/h2-9,18H,10-12H2,1H3. The summed E-state index contributed by atoms with van der Waals surface area (Å²) in [4.78, 5) is 0. The highest BCUT2D eigenvalue weighted by Gasteiger charge is 1.98. The molecule has 0 aliphatic carbocycles. The molecule has 2 nitrogen and oxygen atoms in total. The molecule has 0 fully saturated rings. The van der Waals surface area contributed by atoms with Gasteiger partial charge in [0.2, 0.25) is 0 Å². The van der Waals surface area contributed by atoms with Gasteiger partial charge in [0, 0.05) is 19.0 Å². The Labute approximate surface area is 119 Å². The molecule has 0 aromatic heterocycles. The summed E-state index contributed by atoms with van der Waals surface area (Å²) in [7, 11) is 1.68. The van der Waals surface area contributed by atoms with E-state index in [1.807, 2.05) is 30.3 Å². The molecule has 0 aliphatic rings. The summed E-state index contributed by atoms with van der Waals surface area (Å²) in [5, 5.41) is 3.42. The van der Waals surface area contributed by atoms with E-state index in [2.05, 4.69) is 23.5 Å². The van der Waals surface area contributed by atoms with Crippen molar-refractivity contribution in [3.05, 3.63) is 65.2 Å². The Kier molecular flexibility index (Phi) is 5.25. The van der Waals surface area contributed by atoms with Gasteiger partial charge in [0.05, 0.1) is 7.11 Å². The quantitative estimate of drug-likeness (QED) is 0.811. The van der Waals surface area contributed by atoms with E-state index in [1.54, 1.807) is 7.11 Å². The maximum absolute atomic E-state index is 5.83. The first-order valence-corrected chi connectivity index (χ1v) is 6.82. The average molecular weight is 276 g/mol. The predicted molar refractivity (Wildman–Crippen MR) is 79.5 cm³/mol. The zero-order valence-electron chi connectivity index (χ0n) is 11.0. The Morgan fingerprint density at radius 3 is 2.26 bits per heavy atom. The van der Waals surface area contributed by atoms with E-state index < -0.39 is 0 Å². The number of methoxy groups -OCH3 is 1. The summed E-state index contributed by atoms with van der Waals surface area (Å²) in [6.45, 7) is 1.66. The van der Waals surface area contributed by atoms with Gasteiger partial charge in [-0.15, -0.1) is 11.6 Å². The van der Waals surface area contributed by atoms with Crippen LogP contribution in [0.5, 0.6) is 5.75 Å². The third-order valence-electron chi connectivity index (χ3n) is 2.94. The summed E-state index contributed by atoms with van der Waals surface area (Å²) >= 11 is 5.83. The molecule has 3 heteroatoms. The van der Waals surface area contributed by atoms with Crippen molar-refractivity contribution in [2.45, 2.75) is 19.0 Å². The maximum Gasteiger partial charge on any atom is 0.119 e. The van der Waals surface area contributed by atoms with Gasteiger partial charge < -0.3 is 10.1 Å². The molecule has 2 rings (SSSR count). The molecule has 0 spiro atoms. The molecule has 1 N–H and O–H groups in total. The molecule has 0 bridgehead atoms. The summed E-state index contributed by atoms with van der Waals surface area (Å²) in [6, 6.07) is 16.4. The molecule has 0 atom stereocenters. The van der Waals surface area contributed by atoms with Crippen LogP contribution in [0.4, 0.5) is 0 Å². The predicted octanol–water partition coefficient (Wildman–Crippen LogP) is 3.72. The summed E-state index contributed by atoms with van der Waals surface area (Å²) < 4.78 is 5.21. The first-order valence-electron chi connectivity index (χ1n) is 6.29. The third kappa shape index (κ3) is 4.27. The summed E-state index contributed by atoms with van der Waals surface area (Å²) in [6.07, 6.45) is 0. The number of ether oxygens (including phenoxy) is 1. The molecule has 0 radical (unpaired) electrons. The highest BCUT2D eigenvalue weighted by atomic mass is 35.5. The number of hydrogen-bond donors (Lipinski definition) is 1. The van der Waals surface area contributed by atoms with Gasteiger partial charge in [-0.1, -0.05) is 36.4 Å². The number of hydrogen-bond acceptors (Lipinski definition) is 2. The lowest BCUT2D eigenvalue weighted by molar-refractivity contribution is 0.414. The molecule has 0 saturated heterocycles. The fraction of sp³-hybridized carbons (Fsp3) is 0.250. The number of benzene rings is 2. The first-order chi connectivity index (χ1) is 9.31.